The molecule has 0 spiro atoms. The highest BCUT2D eigenvalue weighted by atomic mass is 32.2. The molecule has 1 heterocycles. The van der Waals surface area contributed by atoms with Crippen molar-refractivity contribution < 1.29 is 5.11 Å². The molecule has 3 N–H and O–H groups in total. The van der Waals surface area contributed by atoms with Gasteiger partial charge in [-0.3, -0.25) is 0 Å². The summed E-state index contributed by atoms with van der Waals surface area (Å²) < 4.78 is 2.11. The fraction of sp³-hybridized carbons (Fsp3) is 0.833. The van der Waals surface area contributed by atoms with Crippen molar-refractivity contribution >= 4 is 11.8 Å². The van der Waals surface area contributed by atoms with Crippen LogP contribution in [0.15, 0.2) is 5.16 Å². The first kappa shape index (κ1) is 15.5. The SMILES string of the molecule is CC(C)n1c(CN)nnc1SCCCCCCO. The first-order valence-corrected chi connectivity index (χ1v) is 7.56. The molecule has 104 valence electrons. The van der Waals surface area contributed by atoms with Crippen LogP contribution in [0.3, 0.4) is 0 Å². The van der Waals surface area contributed by atoms with Gasteiger partial charge in [-0.1, -0.05) is 24.6 Å². The molecule has 0 aliphatic carbocycles. The van der Waals surface area contributed by atoms with Crippen LogP contribution in [-0.2, 0) is 6.54 Å². The molecule has 0 amide bonds. The Morgan fingerprint density at radius 2 is 1.94 bits per heavy atom. The standard InChI is InChI=1S/C12H24N4OS/c1-10(2)16-11(9-13)14-15-12(16)18-8-6-4-3-5-7-17/h10,17H,3-9,13H2,1-2H3. The van der Waals surface area contributed by atoms with E-state index in [4.69, 9.17) is 10.8 Å². The third-order valence-corrected chi connectivity index (χ3v) is 3.75. The molecule has 0 aliphatic heterocycles. The van der Waals surface area contributed by atoms with Gasteiger partial charge in [0.05, 0.1) is 6.54 Å². The third-order valence-electron chi connectivity index (χ3n) is 2.72. The second-order valence-electron chi connectivity index (χ2n) is 4.55. The minimum atomic E-state index is 0.300. The molecule has 0 unspecified atom stereocenters. The van der Waals surface area contributed by atoms with E-state index in [9.17, 15) is 0 Å². The molecule has 0 aliphatic rings. The summed E-state index contributed by atoms with van der Waals surface area (Å²) in [4.78, 5) is 0. The number of hydrogen-bond acceptors (Lipinski definition) is 5. The Morgan fingerprint density at radius 3 is 2.56 bits per heavy atom. The Hall–Kier alpha value is -0.590. The maximum Gasteiger partial charge on any atom is 0.191 e. The number of aliphatic hydroxyl groups is 1. The summed E-state index contributed by atoms with van der Waals surface area (Å²) in [5.74, 6) is 1.90. The van der Waals surface area contributed by atoms with Gasteiger partial charge in [0.15, 0.2) is 5.16 Å². The van der Waals surface area contributed by atoms with Crippen molar-refractivity contribution in [1.29, 1.82) is 0 Å². The van der Waals surface area contributed by atoms with Gasteiger partial charge >= 0.3 is 0 Å². The first-order valence-electron chi connectivity index (χ1n) is 6.58. The maximum absolute atomic E-state index is 8.69. The molecule has 0 aromatic carbocycles. The van der Waals surface area contributed by atoms with E-state index in [-0.39, 0.29) is 0 Å². The average molecular weight is 272 g/mol. The van der Waals surface area contributed by atoms with E-state index >= 15 is 0 Å². The van der Waals surface area contributed by atoms with Crippen LogP contribution < -0.4 is 5.73 Å². The minimum Gasteiger partial charge on any atom is -0.396 e. The zero-order valence-corrected chi connectivity index (χ0v) is 12.1. The van der Waals surface area contributed by atoms with E-state index in [1.807, 2.05) is 0 Å². The number of nitrogens with two attached hydrogens (primary N) is 1. The number of aliphatic hydroxyl groups excluding tert-OH is 1. The molecule has 1 rings (SSSR count). The lowest BCUT2D eigenvalue weighted by Gasteiger charge is -2.12. The summed E-state index contributed by atoms with van der Waals surface area (Å²) in [6.07, 6.45) is 4.31. The predicted octanol–water partition coefficient (Wildman–Crippen LogP) is 1.96. The van der Waals surface area contributed by atoms with E-state index in [0.29, 0.717) is 19.2 Å². The molecular weight excluding hydrogens is 248 g/mol. The lowest BCUT2D eigenvalue weighted by Crippen LogP contribution is -2.11. The van der Waals surface area contributed by atoms with Crippen LogP contribution in [0.4, 0.5) is 0 Å². The fourth-order valence-corrected chi connectivity index (χ4v) is 2.88. The fourth-order valence-electron chi connectivity index (χ4n) is 1.79. The van der Waals surface area contributed by atoms with Gasteiger partial charge in [-0.2, -0.15) is 0 Å². The van der Waals surface area contributed by atoms with Crippen LogP contribution >= 0.6 is 11.8 Å². The summed E-state index contributed by atoms with van der Waals surface area (Å²) in [5.41, 5.74) is 5.66. The first-order chi connectivity index (χ1) is 8.70. The van der Waals surface area contributed by atoms with E-state index < -0.39 is 0 Å². The van der Waals surface area contributed by atoms with Crippen molar-refractivity contribution in [2.75, 3.05) is 12.4 Å². The van der Waals surface area contributed by atoms with Crippen molar-refractivity contribution in [2.24, 2.45) is 5.73 Å². The Morgan fingerprint density at radius 1 is 1.22 bits per heavy atom. The number of thioether (sulfide) groups is 1. The summed E-state index contributed by atoms with van der Waals surface area (Å²) in [5, 5.41) is 18.0. The molecule has 1 aromatic rings. The Kier molecular flexibility index (Phi) is 7.31. The summed E-state index contributed by atoms with van der Waals surface area (Å²) >= 11 is 1.74. The minimum absolute atomic E-state index is 0.300. The van der Waals surface area contributed by atoms with Crippen LogP contribution in [0.1, 0.15) is 51.4 Å². The third kappa shape index (κ3) is 4.59. The van der Waals surface area contributed by atoms with Gasteiger partial charge in [0, 0.05) is 18.4 Å². The summed E-state index contributed by atoms with van der Waals surface area (Å²) in [6.45, 7) is 4.97. The molecule has 0 fully saturated rings. The van der Waals surface area contributed by atoms with Crippen molar-refractivity contribution in [3.8, 4) is 0 Å². The van der Waals surface area contributed by atoms with Gasteiger partial charge in [0.1, 0.15) is 5.82 Å². The Balaban J connectivity index is 2.40. The molecule has 0 bridgehead atoms. The van der Waals surface area contributed by atoms with E-state index in [1.165, 1.54) is 0 Å². The molecule has 0 saturated heterocycles. The number of unbranched alkanes of at least 4 members (excludes halogenated alkanes) is 3. The van der Waals surface area contributed by atoms with Crippen LogP contribution in [0.25, 0.3) is 0 Å². The molecule has 0 saturated carbocycles. The van der Waals surface area contributed by atoms with Gasteiger partial charge in [0.25, 0.3) is 0 Å². The van der Waals surface area contributed by atoms with E-state index in [2.05, 4.69) is 28.6 Å². The van der Waals surface area contributed by atoms with Crippen molar-refractivity contribution in [1.82, 2.24) is 14.8 Å². The van der Waals surface area contributed by atoms with Crippen molar-refractivity contribution in [2.45, 2.75) is 57.3 Å². The van der Waals surface area contributed by atoms with Gasteiger partial charge in [-0.25, -0.2) is 0 Å². The zero-order valence-electron chi connectivity index (χ0n) is 11.3. The highest BCUT2D eigenvalue weighted by Gasteiger charge is 2.13. The highest BCUT2D eigenvalue weighted by Crippen LogP contribution is 2.22. The molecule has 6 heteroatoms. The second-order valence-corrected chi connectivity index (χ2v) is 5.62. The maximum atomic E-state index is 8.69. The quantitative estimate of drug-likeness (QED) is 0.531. The zero-order chi connectivity index (χ0) is 13.4. The van der Waals surface area contributed by atoms with E-state index in [1.54, 1.807) is 11.8 Å². The van der Waals surface area contributed by atoms with Crippen molar-refractivity contribution in [3.63, 3.8) is 0 Å². The van der Waals surface area contributed by atoms with Crippen LogP contribution in [0.2, 0.25) is 0 Å². The monoisotopic (exact) mass is 272 g/mol. The molecule has 1 aromatic heterocycles. The average Bonchev–Trinajstić information content (AvgIpc) is 2.76. The molecule has 5 nitrogen and oxygen atoms in total. The number of rotatable bonds is 9. The summed E-state index contributed by atoms with van der Waals surface area (Å²) in [7, 11) is 0. The number of aromatic nitrogens is 3. The van der Waals surface area contributed by atoms with Gasteiger partial charge in [0.2, 0.25) is 0 Å². The number of hydrogen-bond donors (Lipinski definition) is 2. The van der Waals surface area contributed by atoms with Crippen LogP contribution in [0.5, 0.6) is 0 Å². The van der Waals surface area contributed by atoms with Crippen molar-refractivity contribution in [3.05, 3.63) is 5.82 Å². The largest absolute Gasteiger partial charge is 0.396 e. The second kappa shape index (κ2) is 8.50. The van der Waals surface area contributed by atoms with Gasteiger partial charge in [-0.15, -0.1) is 10.2 Å². The lowest BCUT2D eigenvalue weighted by molar-refractivity contribution is 0.283. The Labute approximate surface area is 113 Å². The smallest absolute Gasteiger partial charge is 0.191 e. The molecular formula is C12H24N4OS. The number of nitrogens with zero attached hydrogens (tertiary/aromatic N) is 3. The summed E-state index contributed by atoms with van der Waals surface area (Å²) in [6, 6.07) is 0.343. The van der Waals surface area contributed by atoms with Gasteiger partial charge < -0.3 is 15.4 Å². The highest BCUT2D eigenvalue weighted by molar-refractivity contribution is 7.99. The van der Waals surface area contributed by atoms with Crippen LogP contribution in [0, 0.1) is 0 Å². The lowest BCUT2D eigenvalue weighted by atomic mass is 10.2. The van der Waals surface area contributed by atoms with E-state index in [0.717, 1.165) is 42.4 Å². The molecule has 18 heavy (non-hydrogen) atoms. The predicted molar refractivity (Wildman–Crippen MR) is 74.6 cm³/mol. The molecule has 0 radical (unpaired) electrons. The van der Waals surface area contributed by atoms with Gasteiger partial charge in [-0.05, 0) is 26.7 Å². The normalized spacial score (nSPS) is 11.4. The molecule has 0 atom stereocenters. The van der Waals surface area contributed by atoms with Crippen LogP contribution in [-0.4, -0.2) is 32.2 Å². The topological polar surface area (TPSA) is 77.0 Å². The Bertz CT molecular complexity index is 341.